The van der Waals surface area contributed by atoms with Gasteiger partial charge in [0.15, 0.2) is 0 Å². The van der Waals surface area contributed by atoms with Gasteiger partial charge in [-0.3, -0.25) is 0 Å². The molecule has 0 aliphatic rings. The van der Waals surface area contributed by atoms with Crippen LogP contribution in [0.25, 0.3) is 10.9 Å². The van der Waals surface area contributed by atoms with Crippen LogP contribution in [0.4, 0.5) is 0 Å². The molecule has 0 bridgehead atoms. The zero-order valence-electron chi connectivity index (χ0n) is 7.59. The number of aromatic nitrogens is 2. The van der Waals surface area contributed by atoms with Crippen molar-refractivity contribution in [2.24, 2.45) is 0 Å². The Morgan fingerprint density at radius 3 is 2.93 bits per heavy atom. The predicted octanol–water partition coefficient (Wildman–Crippen LogP) is 3.61. The minimum absolute atomic E-state index is 0.300. The molecular formula is C10H8BrClN2. The average Bonchev–Trinajstić information content (AvgIpc) is 2.17. The van der Waals surface area contributed by atoms with Gasteiger partial charge in [0.1, 0.15) is 0 Å². The van der Waals surface area contributed by atoms with Crippen molar-refractivity contribution in [2.75, 3.05) is 0 Å². The minimum Gasteiger partial charge on any atom is -0.226 e. The van der Waals surface area contributed by atoms with Gasteiger partial charge in [-0.25, -0.2) is 9.97 Å². The monoisotopic (exact) mass is 270 g/mol. The van der Waals surface area contributed by atoms with E-state index in [0.29, 0.717) is 5.28 Å². The fourth-order valence-electron chi connectivity index (χ4n) is 1.43. The van der Waals surface area contributed by atoms with E-state index in [2.05, 4.69) is 38.9 Å². The van der Waals surface area contributed by atoms with Gasteiger partial charge in [0.05, 0.1) is 5.52 Å². The fraction of sp³-hybridized carbons (Fsp3) is 0.200. The summed E-state index contributed by atoms with van der Waals surface area (Å²) >= 11 is 9.21. The third-order valence-electron chi connectivity index (χ3n) is 2.08. The van der Waals surface area contributed by atoms with Crippen LogP contribution in [-0.2, 0) is 6.42 Å². The van der Waals surface area contributed by atoms with E-state index in [0.717, 1.165) is 21.8 Å². The van der Waals surface area contributed by atoms with Crippen LogP contribution in [0.1, 0.15) is 12.5 Å². The molecule has 0 radical (unpaired) electrons. The summed E-state index contributed by atoms with van der Waals surface area (Å²) in [4.78, 5) is 8.18. The zero-order valence-corrected chi connectivity index (χ0v) is 9.93. The van der Waals surface area contributed by atoms with Gasteiger partial charge in [0.25, 0.3) is 0 Å². The van der Waals surface area contributed by atoms with E-state index in [1.807, 2.05) is 6.07 Å². The summed E-state index contributed by atoms with van der Waals surface area (Å²) in [5.74, 6) is 0. The van der Waals surface area contributed by atoms with Gasteiger partial charge in [-0.05, 0) is 35.7 Å². The van der Waals surface area contributed by atoms with Crippen molar-refractivity contribution in [1.82, 2.24) is 9.97 Å². The lowest BCUT2D eigenvalue weighted by atomic mass is 10.1. The maximum atomic E-state index is 5.75. The molecule has 0 fully saturated rings. The summed E-state index contributed by atoms with van der Waals surface area (Å²) in [7, 11) is 0. The molecule has 0 aliphatic carbocycles. The number of hydrogen-bond donors (Lipinski definition) is 0. The minimum atomic E-state index is 0.300. The topological polar surface area (TPSA) is 25.8 Å². The molecule has 1 aromatic carbocycles. The van der Waals surface area contributed by atoms with Crippen LogP contribution >= 0.6 is 27.5 Å². The van der Waals surface area contributed by atoms with Crippen LogP contribution in [0.2, 0.25) is 5.28 Å². The predicted molar refractivity (Wildman–Crippen MR) is 61.6 cm³/mol. The lowest BCUT2D eigenvalue weighted by Crippen LogP contribution is -1.90. The first-order chi connectivity index (χ1) is 6.70. The number of hydrogen-bond acceptors (Lipinski definition) is 2. The van der Waals surface area contributed by atoms with Gasteiger partial charge in [0.2, 0.25) is 5.28 Å². The van der Waals surface area contributed by atoms with Gasteiger partial charge in [-0.15, -0.1) is 0 Å². The highest BCUT2D eigenvalue weighted by atomic mass is 79.9. The van der Waals surface area contributed by atoms with Crippen molar-refractivity contribution in [1.29, 1.82) is 0 Å². The summed E-state index contributed by atoms with van der Waals surface area (Å²) in [5, 5.41) is 1.31. The van der Waals surface area contributed by atoms with Crippen molar-refractivity contribution in [3.05, 3.63) is 33.6 Å². The van der Waals surface area contributed by atoms with Crippen LogP contribution in [0.5, 0.6) is 0 Å². The summed E-state index contributed by atoms with van der Waals surface area (Å²) in [6.45, 7) is 2.09. The van der Waals surface area contributed by atoms with Crippen LogP contribution in [-0.4, -0.2) is 9.97 Å². The fourth-order valence-corrected chi connectivity index (χ4v) is 2.08. The Morgan fingerprint density at radius 2 is 2.21 bits per heavy atom. The second kappa shape index (κ2) is 3.83. The van der Waals surface area contributed by atoms with E-state index in [-0.39, 0.29) is 0 Å². The molecule has 0 atom stereocenters. The molecule has 1 heterocycles. The molecule has 2 rings (SSSR count). The molecule has 72 valence electrons. The van der Waals surface area contributed by atoms with Gasteiger partial charge in [-0.2, -0.15) is 0 Å². The Morgan fingerprint density at radius 1 is 1.43 bits per heavy atom. The van der Waals surface area contributed by atoms with E-state index < -0.39 is 0 Å². The molecule has 0 unspecified atom stereocenters. The van der Waals surface area contributed by atoms with Crippen LogP contribution in [0, 0.1) is 0 Å². The van der Waals surface area contributed by atoms with E-state index in [1.165, 1.54) is 5.56 Å². The highest BCUT2D eigenvalue weighted by Crippen LogP contribution is 2.23. The highest BCUT2D eigenvalue weighted by Gasteiger charge is 2.04. The number of rotatable bonds is 1. The second-order valence-electron chi connectivity index (χ2n) is 3.00. The molecular weight excluding hydrogens is 263 g/mol. The van der Waals surface area contributed by atoms with Crippen LogP contribution < -0.4 is 0 Å². The normalized spacial score (nSPS) is 10.8. The van der Waals surface area contributed by atoms with Crippen LogP contribution in [0.3, 0.4) is 0 Å². The number of nitrogens with zero attached hydrogens (tertiary/aromatic N) is 2. The molecule has 0 aliphatic heterocycles. The number of halogens is 2. The van der Waals surface area contributed by atoms with Crippen molar-refractivity contribution in [2.45, 2.75) is 13.3 Å². The van der Waals surface area contributed by atoms with E-state index in [1.54, 1.807) is 6.20 Å². The van der Waals surface area contributed by atoms with Crippen molar-refractivity contribution in [3.8, 4) is 0 Å². The zero-order chi connectivity index (χ0) is 10.1. The summed E-state index contributed by atoms with van der Waals surface area (Å²) in [6.07, 6.45) is 2.68. The standard InChI is InChI=1S/C10H8BrClN2/c1-2-6-3-8(11)4-7-5-13-10(12)14-9(6)7/h3-5H,2H2,1H3. The van der Waals surface area contributed by atoms with E-state index >= 15 is 0 Å². The smallest absolute Gasteiger partial charge is 0.222 e. The van der Waals surface area contributed by atoms with E-state index in [9.17, 15) is 0 Å². The van der Waals surface area contributed by atoms with Gasteiger partial charge in [0, 0.05) is 16.1 Å². The molecule has 2 nitrogen and oxygen atoms in total. The Hall–Kier alpha value is -0.670. The average molecular weight is 272 g/mol. The third-order valence-corrected chi connectivity index (χ3v) is 2.72. The second-order valence-corrected chi connectivity index (χ2v) is 4.25. The number of aryl methyl sites for hydroxylation is 1. The quantitative estimate of drug-likeness (QED) is 0.741. The summed E-state index contributed by atoms with van der Waals surface area (Å²) in [6, 6.07) is 4.05. The lowest BCUT2D eigenvalue weighted by molar-refractivity contribution is 1.12. The SMILES string of the molecule is CCc1cc(Br)cc2cnc(Cl)nc12. The number of benzene rings is 1. The molecule has 0 N–H and O–H groups in total. The Bertz CT molecular complexity index is 485. The first kappa shape index (κ1) is 9.87. The Kier molecular flexibility index (Phi) is 2.70. The molecule has 0 spiro atoms. The first-order valence-electron chi connectivity index (χ1n) is 4.31. The molecule has 0 saturated heterocycles. The molecule has 0 amide bonds. The third kappa shape index (κ3) is 1.74. The molecule has 4 heteroatoms. The maximum absolute atomic E-state index is 5.75. The molecule has 2 aromatic rings. The van der Waals surface area contributed by atoms with Gasteiger partial charge in [-0.1, -0.05) is 22.9 Å². The lowest BCUT2D eigenvalue weighted by Gasteiger charge is -2.04. The number of fused-ring (bicyclic) bond motifs is 1. The highest BCUT2D eigenvalue weighted by molar-refractivity contribution is 9.10. The van der Waals surface area contributed by atoms with Gasteiger partial charge < -0.3 is 0 Å². The molecule has 0 saturated carbocycles. The first-order valence-corrected chi connectivity index (χ1v) is 5.48. The van der Waals surface area contributed by atoms with Crippen molar-refractivity contribution in [3.63, 3.8) is 0 Å². The Balaban J connectivity index is 2.81. The largest absolute Gasteiger partial charge is 0.226 e. The summed E-state index contributed by atoms with van der Waals surface area (Å²) in [5.41, 5.74) is 2.12. The van der Waals surface area contributed by atoms with Crippen LogP contribution in [0.15, 0.2) is 22.8 Å². The maximum Gasteiger partial charge on any atom is 0.222 e. The Labute approximate surface area is 95.5 Å². The summed E-state index contributed by atoms with van der Waals surface area (Å²) < 4.78 is 1.05. The molecule has 14 heavy (non-hydrogen) atoms. The van der Waals surface area contributed by atoms with Crippen molar-refractivity contribution < 1.29 is 0 Å². The van der Waals surface area contributed by atoms with Crippen molar-refractivity contribution >= 4 is 38.4 Å². The van der Waals surface area contributed by atoms with Gasteiger partial charge >= 0.3 is 0 Å². The molecule has 1 aromatic heterocycles. The van der Waals surface area contributed by atoms with E-state index in [4.69, 9.17) is 11.6 Å².